The molecule has 22 heavy (non-hydrogen) atoms. The van der Waals surface area contributed by atoms with Crippen LogP contribution in [0.3, 0.4) is 0 Å². The molecule has 1 amide bonds. The minimum absolute atomic E-state index is 0.0182. The average molecular weight is 329 g/mol. The normalized spacial score (nSPS) is 16.5. The second kappa shape index (κ2) is 4.85. The number of fused-ring (bicyclic) bond motifs is 3. The van der Waals surface area contributed by atoms with Crippen molar-refractivity contribution in [1.82, 2.24) is 5.32 Å². The van der Waals surface area contributed by atoms with Crippen LogP contribution in [0.4, 0.5) is 0 Å². The summed E-state index contributed by atoms with van der Waals surface area (Å²) in [7, 11) is 0. The number of benzene rings is 1. The number of carbonyl (C=O) groups excluding carboxylic acids is 1. The van der Waals surface area contributed by atoms with E-state index < -0.39 is 11.5 Å². The van der Waals surface area contributed by atoms with E-state index in [0.717, 1.165) is 0 Å². The Morgan fingerprint density at radius 3 is 2.77 bits per heavy atom. The lowest BCUT2D eigenvalue weighted by Gasteiger charge is -2.05. The molecule has 2 aromatic rings. The number of thiocarbonyl (C=S) groups is 1. The largest absolute Gasteiger partial charge is 0.422 e. The second-order valence-electron chi connectivity index (χ2n) is 4.62. The van der Waals surface area contributed by atoms with E-state index >= 15 is 0 Å². The Labute approximate surface area is 133 Å². The molecule has 0 fully saturated rings. The van der Waals surface area contributed by atoms with Gasteiger partial charge in [0.25, 0.3) is 5.91 Å². The van der Waals surface area contributed by atoms with E-state index in [1.807, 2.05) is 6.07 Å². The van der Waals surface area contributed by atoms with Crippen molar-refractivity contribution in [3.63, 3.8) is 0 Å². The molecule has 0 unspecified atom stereocenters. The Balaban J connectivity index is 1.91. The van der Waals surface area contributed by atoms with Crippen molar-refractivity contribution in [3.8, 4) is 0 Å². The Kier molecular flexibility index (Phi) is 2.95. The van der Waals surface area contributed by atoms with Crippen LogP contribution in [0.5, 0.6) is 0 Å². The van der Waals surface area contributed by atoms with E-state index in [-0.39, 0.29) is 5.56 Å². The first-order valence-electron chi connectivity index (χ1n) is 6.36. The molecule has 4 rings (SSSR count). The van der Waals surface area contributed by atoms with Crippen molar-refractivity contribution >= 4 is 56.1 Å². The highest BCUT2D eigenvalue weighted by atomic mass is 32.2. The summed E-state index contributed by atoms with van der Waals surface area (Å²) in [6, 6.07) is 7.07. The molecular formula is C14H7N3O3S2. The van der Waals surface area contributed by atoms with Crippen molar-refractivity contribution in [3.05, 3.63) is 45.8 Å². The van der Waals surface area contributed by atoms with Crippen molar-refractivity contribution in [2.24, 2.45) is 9.98 Å². The fraction of sp³-hybridized carbons (Fsp3) is 0.0714. The monoisotopic (exact) mass is 329 g/mol. The molecule has 1 N–H and O–H groups in total. The van der Waals surface area contributed by atoms with Gasteiger partial charge in [-0.1, -0.05) is 30.0 Å². The van der Waals surface area contributed by atoms with E-state index in [2.05, 4.69) is 15.3 Å². The zero-order valence-corrected chi connectivity index (χ0v) is 12.6. The van der Waals surface area contributed by atoms with Crippen molar-refractivity contribution in [2.75, 3.05) is 6.54 Å². The lowest BCUT2D eigenvalue weighted by atomic mass is 10.1. The third-order valence-electron chi connectivity index (χ3n) is 3.28. The standard InChI is InChI=1S/C14H7N3O3S2/c18-11-10-9(6-3-1-2-4-7(6)20-13(10)19)12(17-11)22-8-5-15-14(21)16-8/h1-4H,5H2,(H,15,21). The maximum atomic E-state index is 12.0. The van der Waals surface area contributed by atoms with E-state index in [1.165, 1.54) is 11.8 Å². The number of carbonyl (C=O) groups is 1. The molecule has 0 aliphatic carbocycles. The van der Waals surface area contributed by atoms with Gasteiger partial charge >= 0.3 is 5.63 Å². The first-order valence-corrected chi connectivity index (χ1v) is 7.58. The van der Waals surface area contributed by atoms with Gasteiger partial charge in [-0.15, -0.1) is 0 Å². The maximum absolute atomic E-state index is 12.0. The average Bonchev–Trinajstić information content (AvgIpc) is 3.04. The molecule has 6 nitrogen and oxygen atoms in total. The lowest BCUT2D eigenvalue weighted by Crippen LogP contribution is -2.16. The highest BCUT2D eigenvalue weighted by Crippen LogP contribution is 2.30. The lowest BCUT2D eigenvalue weighted by molar-refractivity contribution is 0.100. The fourth-order valence-electron chi connectivity index (χ4n) is 2.36. The molecule has 1 aromatic carbocycles. The van der Waals surface area contributed by atoms with Gasteiger partial charge in [-0.25, -0.2) is 14.8 Å². The summed E-state index contributed by atoms with van der Waals surface area (Å²) in [5.74, 6) is -0.578. The number of aliphatic imine (C=N–C) groups is 2. The topological polar surface area (TPSA) is 84.0 Å². The van der Waals surface area contributed by atoms with Gasteiger partial charge in [-0.3, -0.25) is 4.79 Å². The fourth-order valence-corrected chi connectivity index (χ4v) is 3.55. The predicted molar refractivity (Wildman–Crippen MR) is 89.0 cm³/mol. The van der Waals surface area contributed by atoms with E-state index in [9.17, 15) is 9.59 Å². The molecule has 3 heterocycles. The first-order chi connectivity index (χ1) is 10.6. The molecule has 8 heteroatoms. The number of hydrogen-bond donors (Lipinski definition) is 1. The summed E-state index contributed by atoms with van der Waals surface area (Å²) in [6.07, 6.45) is 0. The van der Waals surface area contributed by atoms with Gasteiger partial charge in [0.15, 0.2) is 5.11 Å². The number of nitrogens with zero attached hydrogens (tertiary/aromatic N) is 2. The minimum Gasteiger partial charge on any atom is -0.422 e. The summed E-state index contributed by atoms with van der Waals surface area (Å²) in [4.78, 5) is 32.2. The Morgan fingerprint density at radius 1 is 1.18 bits per heavy atom. The highest BCUT2D eigenvalue weighted by Gasteiger charge is 2.31. The van der Waals surface area contributed by atoms with Gasteiger partial charge in [-0.05, 0) is 18.3 Å². The molecule has 0 bridgehead atoms. The summed E-state index contributed by atoms with van der Waals surface area (Å²) < 4.78 is 5.19. The third kappa shape index (κ3) is 1.99. The maximum Gasteiger partial charge on any atom is 0.350 e. The summed E-state index contributed by atoms with van der Waals surface area (Å²) in [6.45, 7) is 0.491. The molecule has 0 radical (unpaired) electrons. The third-order valence-corrected chi connectivity index (χ3v) is 4.47. The second-order valence-corrected chi connectivity index (χ2v) is 6.07. The van der Waals surface area contributed by atoms with Crippen LogP contribution in [0.15, 0.2) is 43.5 Å². The van der Waals surface area contributed by atoms with Gasteiger partial charge < -0.3 is 9.73 Å². The van der Waals surface area contributed by atoms with Crippen LogP contribution >= 0.6 is 24.0 Å². The number of rotatable bonds is 0. The summed E-state index contributed by atoms with van der Waals surface area (Å²) in [5, 5.41) is 5.17. The van der Waals surface area contributed by atoms with Crippen LogP contribution in [-0.4, -0.2) is 27.7 Å². The molecule has 0 spiro atoms. The molecular weight excluding hydrogens is 322 g/mol. The number of hydrogen-bond acceptors (Lipinski definition) is 5. The molecule has 0 saturated heterocycles. The van der Waals surface area contributed by atoms with E-state index in [0.29, 0.717) is 38.3 Å². The van der Waals surface area contributed by atoms with Crippen LogP contribution in [0.1, 0.15) is 15.9 Å². The zero-order chi connectivity index (χ0) is 15.3. The Morgan fingerprint density at radius 2 is 2.00 bits per heavy atom. The van der Waals surface area contributed by atoms with E-state index in [1.54, 1.807) is 18.2 Å². The summed E-state index contributed by atoms with van der Waals surface area (Å²) in [5.41, 5.74) is 0.258. The number of amides is 1. The highest BCUT2D eigenvalue weighted by molar-refractivity contribution is 8.27. The van der Waals surface area contributed by atoms with Gasteiger partial charge in [0.2, 0.25) is 0 Å². The Bertz CT molecular complexity index is 975. The van der Waals surface area contributed by atoms with Gasteiger partial charge in [0.05, 0.1) is 6.54 Å². The molecule has 2 aliphatic rings. The molecule has 1 aromatic heterocycles. The number of thioether (sulfide) groups is 1. The predicted octanol–water partition coefficient (Wildman–Crippen LogP) is 1.71. The van der Waals surface area contributed by atoms with Gasteiger partial charge in [0.1, 0.15) is 21.2 Å². The van der Waals surface area contributed by atoms with E-state index in [4.69, 9.17) is 16.6 Å². The van der Waals surface area contributed by atoms with Crippen molar-refractivity contribution in [2.45, 2.75) is 0 Å². The minimum atomic E-state index is -0.667. The number of nitrogens with one attached hydrogen (secondary N) is 1. The quantitative estimate of drug-likeness (QED) is 0.585. The zero-order valence-electron chi connectivity index (χ0n) is 11.0. The van der Waals surface area contributed by atoms with Crippen LogP contribution < -0.4 is 10.9 Å². The number of para-hydroxylation sites is 1. The first kappa shape index (κ1) is 13.4. The Hall–Kier alpha value is -2.32. The van der Waals surface area contributed by atoms with Gasteiger partial charge in [0, 0.05) is 10.9 Å². The smallest absolute Gasteiger partial charge is 0.350 e. The van der Waals surface area contributed by atoms with Crippen molar-refractivity contribution < 1.29 is 9.21 Å². The molecule has 0 saturated carbocycles. The molecule has 0 atom stereocenters. The molecule has 108 valence electrons. The SMILES string of the molecule is O=C1N=C(SC2=NC(=S)NC2)c2c1c(=O)oc1ccccc21. The van der Waals surface area contributed by atoms with Crippen molar-refractivity contribution in [1.29, 1.82) is 0 Å². The van der Waals surface area contributed by atoms with Crippen LogP contribution in [-0.2, 0) is 0 Å². The van der Waals surface area contributed by atoms with Crippen LogP contribution in [0.2, 0.25) is 0 Å². The summed E-state index contributed by atoms with van der Waals surface area (Å²) >= 11 is 6.19. The molecule has 2 aliphatic heterocycles. The van der Waals surface area contributed by atoms with Crippen LogP contribution in [0.25, 0.3) is 11.0 Å². The van der Waals surface area contributed by atoms with Crippen LogP contribution in [0, 0.1) is 0 Å². The van der Waals surface area contributed by atoms with Gasteiger partial charge in [-0.2, -0.15) is 0 Å².